The highest BCUT2D eigenvalue weighted by Gasteiger charge is 2.25. The van der Waals surface area contributed by atoms with Crippen molar-refractivity contribution in [2.24, 2.45) is 0 Å². The topological polar surface area (TPSA) is 74.2 Å². The number of rotatable bonds is 4. The van der Waals surface area contributed by atoms with Crippen LogP contribution < -0.4 is 0 Å². The summed E-state index contributed by atoms with van der Waals surface area (Å²) >= 11 is 11.3. The molecule has 1 aliphatic rings. The molecule has 4 rings (SSSR count). The quantitative estimate of drug-likeness (QED) is 0.631. The summed E-state index contributed by atoms with van der Waals surface area (Å²) in [6, 6.07) is 16.4. The number of aromatic amines is 1. The first-order valence-corrected chi connectivity index (χ1v) is 10.3. The Kier molecular flexibility index (Phi) is 5.96. The summed E-state index contributed by atoms with van der Waals surface area (Å²) in [4.78, 5) is 29.0. The number of hydrogen-bond acceptors (Lipinski definition) is 4. The summed E-state index contributed by atoms with van der Waals surface area (Å²) in [5, 5.41) is 7.64. The lowest BCUT2D eigenvalue weighted by Crippen LogP contribution is -2.51. The lowest BCUT2D eigenvalue weighted by Gasteiger charge is -2.35. The van der Waals surface area contributed by atoms with Crippen LogP contribution in [0.3, 0.4) is 0 Å². The molecule has 0 saturated carbocycles. The molecule has 2 aromatic carbocycles. The number of aromatic nitrogens is 3. The van der Waals surface area contributed by atoms with Gasteiger partial charge in [0.2, 0.25) is 5.91 Å². The van der Waals surface area contributed by atoms with E-state index in [1.54, 1.807) is 38.6 Å². The van der Waals surface area contributed by atoms with Crippen LogP contribution >= 0.6 is 23.8 Å². The number of carbonyl (C=O) groups excluding carboxylic acids is 2. The summed E-state index contributed by atoms with van der Waals surface area (Å²) in [6.07, 6.45) is 0. The zero-order valence-corrected chi connectivity index (χ0v) is 17.7. The van der Waals surface area contributed by atoms with Crippen LogP contribution in [-0.4, -0.2) is 62.6 Å². The third-order valence-electron chi connectivity index (χ3n) is 5.09. The summed E-state index contributed by atoms with van der Waals surface area (Å²) in [6.45, 7) is 2.05. The lowest BCUT2D eigenvalue weighted by atomic mass is 10.2. The van der Waals surface area contributed by atoms with Gasteiger partial charge in [0.25, 0.3) is 5.91 Å². The Bertz CT molecular complexity index is 1100. The van der Waals surface area contributed by atoms with E-state index in [0.717, 1.165) is 5.56 Å². The van der Waals surface area contributed by atoms with Gasteiger partial charge in [-0.15, -0.1) is 0 Å². The molecule has 1 saturated heterocycles. The molecule has 154 valence electrons. The standard InChI is InChI=1S/C21H20ClN5O2S/c22-17-8-6-15(7-9-17)19-23-24-21(30)27(19)14-18(28)25-10-12-26(13-11-25)20(29)16-4-2-1-3-5-16/h1-9H,10-14H2,(H,24,30). The number of H-pyrrole nitrogens is 1. The van der Waals surface area contributed by atoms with Gasteiger partial charge >= 0.3 is 0 Å². The summed E-state index contributed by atoms with van der Waals surface area (Å²) in [7, 11) is 0. The predicted octanol–water partition coefficient (Wildman–Crippen LogP) is 3.25. The Morgan fingerprint density at radius 1 is 0.967 bits per heavy atom. The third kappa shape index (κ3) is 4.29. The van der Waals surface area contributed by atoms with Crippen LogP contribution in [0, 0.1) is 4.77 Å². The smallest absolute Gasteiger partial charge is 0.253 e. The van der Waals surface area contributed by atoms with Crippen molar-refractivity contribution in [3.05, 3.63) is 70.0 Å². The first kappa shape index (κ1) is 20.3. The van der Waals surface area contributed by atoms with Gasteiger partial charge < -0.3 is 9.80 Å². The van der Waals surface area contributed by atoms with Crippen molar-refractivity contribution < 1.29 is 9.59 Å². The number of hydrogen-bond donors (Lipinski definition) is 1. The second-order valence-electron chi connectivity index (χ2n) is 6.98. The third-order valence-corrected chi connectivity index (χ3v) is 5.66. The average Bonchev–Trinajstić information content (AvgIpc) is 3.14. The molecule has 0 bridgehead atoms. The minimum Gasteiger partial charge on any atom is -0.338 e. The Hall–Kier alpha value is -2.97. The van der Waals surface area contributed by atoms with E-state index in [4.69, 9.17) is 23.8 Å². The molecule has 3 aromatic rings. The normalized spacial score (nSPS) is 14.0. The van der Waals surface area contributed by atoms with E-state index < -0.39 is 0 Å². The van der Waals surface area contributed by atoms with Crippen LogP contribution in [0.5, 0.6) is 0 Å². The van der Waals surface area contributed by atoms with Gasteiger partial charge in [0.1, 0.15) is 6.54 Å². The molecule has 30 heavy (non-hydrogen) atoms. The van der Waals surface area contributed by atoms with Crippen molar-refractivity contribution >= 4 is 35.6 Å². The molecule has 2 amide bonds. The van der Waals surface area contributed by atoms with Gasteiger partial charge in [0, 0.05) is 42.3 Å². The minimum atomic E-state index is -0.0606. The highest BCUT2D eigenvalue weighted by molar-refractivity contribution is 7.71. The molecule has 1 fully saturated rings. The van der Waals surface area contributed by atoms with Crippen LogP contribution in [-0.2, 0) is 11.3 Å². The fourth-order valence-corrected chi connectivity index (χ4v) is 3.76. The Morgan fingerprint density at radius 2 is 1.60 bits per heavy atom. The van der Waals surface area contributed by atoms with E-state index >= 15 is 0 Å². The van der Waals surface area contributed by atoms with E-state index in [0.29, 0.717) is 47.4 Å². The first-order chi connectivity index (χ1) is 14.5. The number of amides is 2. The van der Waals surface area contributed by atoms with E-state index in [1.807, 2.05) is 30.3 Å². The van der Waals surface area contributed by atoms with Crippen LogP contribution in [0.4, 0.5) is 0 Å². The zero-order valence-electron chi connectivity index (χ0n) is 16.1. The molecule has 0 unspecified atom stereocenters. The first-order valence-electron chi connectivity index (χ1n) is 9.56. The van der Waals surface area contributed by atoms with Gasteiger partial charge in [-0.3, -0.25) is 19.3 Å². The number of nitrogens with zero attached hydrogens (tertiary/aromatic N) is 4. The maximum atomic E-state index is 12.9. The van der Waals surface area contributed by atoms with Crippen molar-refractivity contribution in [1.82, 2.24) is 24.6 Å². The number of piperazine rings is 1. The Labute approximate surface area is 183 Å². The molecule has 0 spiro atoms. The van der Waals surface area contributed by atoms with Crippen molar-refractivity contribution in [1.29, 1.82) is 0 Å². The highest BCUT2D eigenvalue weighted by Crippen LogP contribution is 2.20. The number of carbonyl (C=O) groups is 2. The van der Waals surface area contributed by atoms with Crippen LogP contribution in [0.2, 0.25) is 5.02 Å². The van der Waals surface area contributed by atoms with Gasteiger partial charge in [-0.1, -0.05) is 29.8 Å². The SMILES string of the molecule is O=C(Cn1c(-c2ccc(Cl)cc2)n[nH]c1=S)N1CCN(C(=O)c2ccccc2)CC1. The average molecular weight is 442 g/mol. The van der Waals surface area contributed by atoms with E-state index in [1.165, 1.54) is 0 Å². The molecular formula is C21H20ClN5O2S. The predicted molar refractivity (Wildman–Crippen MR) is 117 cm³/mol. The number of halogens is 1. The highest BCUT2D eigenvalue weighted by atomic mass is 35.5. The molecule has 2 heterocycles. The zero-order chi connectivity index (χ0) is 21.1. The second-order valence-corrected chi connectivity index (χ2v) is 7.81. The fraction of sp³-hybridized carbons (Fsp3) is 0.238. The summed E-state index contributed by atoms with van der Waals surface area (Å²) in [5.41, 5.74) is 1.48. The molecule has 0 atom stereocenters. The largest absolute Gasteiger partial charge is 0.338 e. The number of nitrogens with one attached hydrogen (secondary N) is 1. The van der Waals surface area contributed by atoms with E-state index in [-0.39, 0.29) is 18.4 Å². The molecular weight excluding hydrogens is 422 g/mol. The fourth-order valence-electron chi connectivity index (χ4n) is 3.44. The van der Waals surface area contributed by atoms with Gasteiger partial charge in [-0.2, -0.15) is 5.10 Å². The molecule has 1 aliphatic heterocycles. The minimum absolute atomic E-state index is 0.00947. The summed E-state index contributed by atoms with van der Waals surface area (Å²) in [5.74, 6) is 0.516. The molecule has 7 nitrogen and oxygen atoms in total. The van der Waals surface area contributed by atoms with Crippen molar-refractivity contribution in [3.8, 4) is 11.4 Å². The Morgan fingerprint density at radius 3 is 2.27 bits per heavy atom. The van der Waals surface area contributed by atoms with Crippen molar-refractivity contribution in [2.75, 3.05) is 26.2 Å². The monoisotopic (exact) mass is 441 g/mol. The maximum Gasteiger partial charge on any atom is 0.253 e. The molecule has 1 aromatic heterocycles. The van der Waals surface area contributed by atoms with Crippen LogP contribution in [0.1, 0.15) is 10.4 Å². The van der Waals surface area contributed by atoms with E-state index in [9.17, 15) is 9.59 Å². The van der Waals surface area contributed by atoms with Crippen LogP contribution in [0.25, 0.3) is 11.4 Å². The maximum absolute atomic E-state index is 12.9. The molecule has 1 N–H and O–H groups in total. The van der Waals surface area contributed by atoms with Crippen molar-refractivity contribution in [2.45, 2.75) is 6.54 Å². The lowest BCUT2D eigenvalue weighted by molar-refractivity contribution is -0.133. The molecule has 9 heteroatoms. The Balaban J connectivity index is 1.41. The van der Waals surface area contributed by atoms with Gasteiger partial charge in [-0.05, 0) is 48.6 Å². The number of benzene rings is 2. The molecule has 0 aliphatic carbocycles. The van der Waals surface area contributed by atoms with Gasteiger partial charge in [0.15, 0.2) is 10.6 Å². The second kappa shape index (κ2) is 8.81. The van der Waals surface area contributed by atoms with Gasteiger partial charge in [0.05, 0.1) is 0 Å². The van der Waals surface area contributed by atoms with Gasteiger partial charge in [-0.25, -0.2) is 0 Å². The van der Waals surface area contributed by atoms with Crippen LogP contribution in [0.15, 0.2) is 54.6 Å². The molecule has 0 radical (unpaired) electrons. The summed E-state index contributed by atoms with van der Waals surface area (Å²) < 4.78 is 2.06. The van der Waals surface area contributed by atoms with Crippen molar-refractivity contribution in [3.63, 3.8) is 0 Å². The van der Waals surface area contributed by atoms with E-state index in [2.05, 4.69) is 10.2 Å².